The van der Waals surface area contributed by atoms with Crippen molar-refractivity contribution in [3.8, 4) is 0 Å². The largest absolute Gasteiger partial charge is 0.468 e. The van der Waals surface area contributed by atoms with Crippen molar-refractivity contribution in [3.05, 3.63) is 54.0 Å². The Morgan fingerprint density at radius 2 is 1.92 bits per heavy atom. The zero-order chi connectivity index (χ0) is 18.9. The predicted molar refractivity (Wildman–Crippen MR) is 105 cm³/mol. The molecule has 0 fully saturated rings. The van der Waals surface area contributed by atoms with Crippen LogP contribution in [0.1, 0.15) is 17.4 Å². The SMILES string of the molecule is Cc1cccc(NC(=O)CSCC(=O)NC[C@@H](c2ccco2)N(C)C)c1. The summed E-state index contributed by atoms with van der Waals surface area (Å²) in [5.74, 6) is 1.06. The van der Waals surface area contributed by atoms with Crippen molar-refractivity contribution in [1.29, 1.82) is 0 Å². The summed E-state index contributed by atoms with van der Waals surface area (Å²) in [6, 6.07) is 11.3. The molecular weight excluding hydrogens is 350 g/mol. The summed E-state index contributed by atoms with van der Waals surface area (Å²) >= 11 is 1.29. The number of amides is 2. The molecule has 0 aliphatic heterocycles. The first-order chi connectivity index (χ1) is 12.5. The molecule has 1 aromatic heterocycles. The van der Waals surface area contributed by atoms with Crippen molar-refractivity contribution in [2.75, 3.05) is 37.5 Å². The molecule has 1 atom stereocenters. The number of thioether (sulfide) groups is 1. The van der Waals surface area contributed by atoms with E-state index < -0.39 is 0 Å². The number of carbonyl (C=O) groups is 2. The van der Waals surface area contributed by atoms with Gasteiger partial charge in [-0.3, -0.25) is 14.5 Å². The molecule has 26 heavy (non-hydrogen) atoms. The van der Waals surface area contributed by atoms with Crippen LogP contribution >= 0.6 is 11.8 Å². The maximum Gasteiger partial charge on any atom is 0.234 e. The number of furan rings is 1. The lowest BCUT2D eigenvalue weighted by Crippen LogP contribution is -2.35. The molecule has 0 saturated heterocycles. The van der Waals surface area contributed by atoms with Crippen molar-refractivity contribution in [3.63, 3.8) is 0 Å². The standard InChI is InChI=1S/C19H25N3O3S/c1-14-6-4-7-15(10-14)21-19(24)13-26-12-18(23)20-11-16(22(2)3)17-8-5-9-25-17/h4-10,16H,11-13H2,1-3H3,(H,20,23)(H,21,24)/t16-/m0/s1. The Morgan fingerprint density at radius 1 is 1.15 bits per heavy atom. The van der Waals surface area contributed by atoms with Gasteiger partial charge in [-0.1, -0.05) is 12.1 Å². The molecule has 0 aliphatic rings. The maximum absolute atomic E-state index is 12.0. The Balaban J connectivity index is 1.69. The van der Waals surface area contributed by atoms with Crippen LogP contribution in [0.2, 0.25) is 0 Å². The van der Waals surface area contributed by atoms with E-state index in [1.165, 1.54) is 11.8 Å². The van der Waals surface area contributed by atoms with Gasteiger partial charge in [0.25, 0.3) is 0 Å². The minimum atomic E-state index is -0.116. The lowest BCUT2D eigenvalue weighted by Gasteiger charge is -2.22. The van der Waals surface area contributed by atoms with Gasteiger partial charge in [-0.2, -0.15) is 0 Å². The smallest absolute Gasteiger partial charge is 0.234 e. The first-order valence-corrected chi connectivity index (χ1v) is 9.52. The summed E-state index contributed by atoms with van der Waals surface area (Å²) in [6.07, 6.45) is 1.62. The fourth-order valence-corrected chi connectivity index (χ4v) is 3.08. The number of anilines is 1. The second-order valence-electron chi connectivity index (χ2n) is 6.21. The molecule has 1 aromatic carbocycles. The van der Waals surface area contributed by atoms with Gasteiger partial charge in [0.2, 0.25) is 11.8 Å². The average Bonchev–Trinajstić information content (AvgIpc) is 3.09. The number of benzene rings is 1. The van der Waals surface area contributed by atoms with E-state index in [1.54, 1.807) is 6.26 Å². The highest BCUT2D eigenvalue weighted by molar-refractivity contribution is 8.00. The molecule has 7 heteroatoms. The van der Waals surface area contributed by atoms with Crippen molar-refractivity contribution in [2.24, 2.45) is 0 Å². The molecule has 140 valence electrons. The first-order valence-electron chi connectivity index (χ1n) is 8.36. The summed E-state index contributed by atoms with van der Waals surface area (Å²) in [4.78, 5) is 25.9. The zero-order valence-electron chi connectivity index (χ0n) is 15.3. The van der Waals surface area contributed by atoms with Crippen LogP contribution in [0.3, 0.4) is 0 Å². The molecule has 0 bridgehead atoms. The third kappa shape index (κ3) is 6.57. The lowest BCUT2D eigenvalue weighted by molar-refractivity contribution is -0.118. The molecule has 2 amide bonds. The third-order valence-electron chi connectivity index (χ3n) is 3.76. The van der Waals surface area contributed by atoms with E-state index in [-0.39, 0.29) is 29.4 Å². The van der Waals surface area contributed by atoms with Gasteiger partial charge in [-0.05, 0) is 50.8 Å². The van der Waals surface area contributed by atoms with E-state index in [1.807, 2.05) is 62.3 Å². The predicted octanol–water partition coefficient (Wildman–Crippen LogP) is 2.68. The Labute approximate surface area is 158 Å². The fraction of sp³-hybridized carbons (Fsp3) is 0.368. The second-order valence-corrected chi connectivity index (χ2v) is 7.19. The van der Waals surface area contributed by atoms with Crippen LogP contribution in [0.15, 0.2) is 47.1 Å². The van der Waals surface area contributed by atoms with Gasteiger partial charge in [0.1, 0.15) is 5.76 Å². The van der Waals surface area contributed by atoms with E-state index in [0.29, 0.717) is 6.54 Å². The van der Waals surface area contributed by atoms with Crippen LogP contribution < -0.4 is 10.6 Å². The van der Waals surface area contributed by atoms with E-state index in [0.717, 1.165) is 17.0 Å². The number of carbonyl (C=O) groups excluding carboxylic acids is 2. The van der Waals surface area contributed by atoms with Gasteiger partial charge in [0.15, 0.2) is 0 Å². The van der Waals surface area contributed by atoms with Crippen LogP contribution in [-0.2, 0) is 9.59 Å². The Hall–Kier alpha value is -2.25. The molecule has 2 N–H and O–H groups in total. The second kappa shape index (κ2) is 10.0. The minimum Gasteiger partial charge on any atom is -0.468 e. The fourth-order valence-electron chi connectivity index (χ4n) is 2.44. The van der Waals surface area contributed by atoms with Gasteiger partial charge in [-0.15, -0.1) is 11.8 Å². The lowest BCUT2D eigenvalue weighted by atomic mass is 10.2. The number of aryl methyl sites for hydroxylation is 1. The van der Waals surface area contributed by atoms with Crippen molar-refractivity contribution in [1.82, 2.24) is 10.2 Å². The van der Waals surface area contributed by atoms with Gasteiger partial charge >= 0.3 is 0 Å². The van der Waals surface area contributed by atoms with E-state index in [9.17, 15) is 9.59 Å². The number of nitrogens with one attached hydrogen (secondary N) is 2. The first kappa shape index (κ1) is 20.1. The summed E-state index contributed by atoms with van der Waals surface area (Å²) in [6.45, 7) is 2.42. The van der Waals surface area contributed by atoms with Crippen molar-refractivity contribution >= 4 is 29.3 Å². The van der Waals surface area contributed by atoms with Crippen LogP contribution in [0, 0.1) is 6.92 Å². The third-order valence-corrected chi connectivity index (χ3v) is 4.69. The van der Waals surface area contributed by atoms with Crippen LogP contribution in [0.4, 0.5) is 5.69 Å². The van der Waals surface area contributed by atoms with E-state index >= 15 is 0 Å². The number of rotatable bonds is 9. The summed E-state index contributed by atoms with van der Waals surface area (Å²) in [7, 11) is 3.87. The molecule has 6 nitrogen and oxygen atoms in total. The van der Waals surface area contributed by atoms with E-state index in [4.69, 9.17) is 4.42 Å². The summed E-state index contributed by atoms with van der Waals surface area (Å²) < 4.78 is 5.42. The molecule has 0 saturated carbocycles. The molecule has 2 aromatic rings. The molecular formula is C19H25N3O3S. The maximum atomic E-state index is 12.0. The molecule has 2 rings (SSSR count). The molecule has 0 spiro atoms. The zero-order valence-corrected chi connectivity index (χ0v) is 16.1. The summed E-state index contributed by atoms with van der Waals surface area (Å²) in [5, 5.41) is 5.72. The highest BCUT2D eigenvalue weighted by Crippen LogP contribution is 2.17. The monoisotopic (exact) mass is 375 g/mol. The minimum absolute atomic E-state index is 0.0245. The Morgan fingerprint density at radius 3 is 2.58 bits per heavy atom. The normalized spacial score (nSPS) is 12.0. The number of likely N-dealkylation sites (N-methyl/N-ethyl adjacent to an activating group) is 1. The van der Waals surface area contributed by atoms with Crippen molar-refractivity contribution < 1.29 is 14.0 Å². The number of hydrogen-bond donors (Lipinski definition) is 2. The molecule has 0 aliphatic carbocycles. The number of nitrogens with zero attached hydrogens (tertiary/aromatic N) is 1. The van der Waals surface area contributed by atoms with Gasteiger partial charge < -0.3 is 15.1 Å². The van der Waals surface area contributed by atoms with Gasteiger partial charge in [0.05, 0.1) is 23.8 Å². The quantitative estimate of drug-likeness (QED) is 0.705. The van der Waals surface area contributed by atoms with Crippen LogP contribution in [-0.4, -0.2) is 48.9 Å². The van der Waals surface area contributed by atoms with Gasteiger partial charge in [-0.25, -0.2) is 0 Å². The van der Waals surface area contributed by atoms with E-state index in [2.05, 4.69) is 10.6 Å². The molecule has 0 radical (unpaired) electrons. The molecule has 0 unspecified atom stereocenters. The van der Waals surface area contributed by atoms with Gasteiger partial charge in [0, 0.05) is 12.2 Å². The van der Waals surface area contributed by atoms with Crippen molar-refractivity contribution in [2.45, 2.75) is 13.0 Å². The van der Waals surface area contributed by atoms with Crippen LogP contribution in [0.25, 0.3) is 0 Å². The highest BCUT2D eigenvalue weighted by atomic mass is 32.2. The number of hydrogen-bond acceptors (Lipinski definition) is 5. The molecule has 1 heterocycles. The Kier molecular flexibility index (Phi) is 7.74. The topological polar surface area (TPSA) is 74.6 Å². The Bertz CT molecular complexity index is 717. The van der Waals surface area contributed by atoms with Crippen LogP contribution in [0.5, 0.6) is 0 Å². The highest BCUT2D eigenvalue weighted by Gasteiger charge is 2.17. The summed E-state index contributed by atoms with van der Waals surface area (Å²) in [5.41, 5.74) is 1.86. The average molecular weight is 375 g/mol.